The molecule has 0 heterocycles. The molecule has 0 rings (SSSR count). The average molecular weight is 139 g/mol. The average Bonchev–Trinajstić information content (AvgIpc) is 0.811. The van der Waals surface area contributed by atoms with E-state index in [1.54, 1.807) is 0 Å². The standard InChI is InChI=1S/2CH3.H2N.Nb/h2*1H3;1H2;/q;;-1;+1. The van der Waals surface area contributed by atoms with Crippen molar-refractivity contribution in [1.29, 1.82) is 0 Å². The van der Waals surface area contributed by atoms with E-state index in [0.29, 0.717) is 0 Å². The molecule has 0 aromatic heterocycles. The number of hydrogen-bond donors (Lipinski definition) is 1. The molecule has 0 saturated carbocycles. The molecule has 0 saturated heterocycles. The Bertz CT molecular complexity index is 10.8. The van der Waals surface area contributed by atoms with E-state index < -0.39 is 18.7 Å². The molecule has 0 aromatic rings. The van der Waals surface area contributed by atoms with Gasteiger partial charge in [0.15, 0.2) is 0 Å². The van der Waals surface area contributed by atoms with Gasteiger partial charge in [-0.2, -0.15) is 0 Å². The molecular formula is C2H8NNb. The van der Waals surface area contributed by atoms with Gasteiger partial charge in [-0.3, -0.25) is 0 Å². The van der Waals surface area contributed by atoms with Crippen LogP contribution in [-0.2, 0) is 18.7 Å². The molecule has 2 heteroatoms. The second-order valence-corrected chi connectivity index (χ2v) is 5.70. The van der Waals surface area contributed by atoms with Gasteiger partial charge in [-0.15, -0.1) is 0 Å². The minimum atomic E-state index is -0.950. The fourth-order valence-corrected chi connectivity index (χ4v) is 0. The molecular weight excluding hydrogens is 131 g/mol. The van der Waals surface area contributed by atoms with Crippen LogP contribution in [0, 0.1) is 0 Å². The van der Waals surface area contributed by atoms with Gasteiger partial charge < -0.3 is 0 Å². The molecule has 0 aliphatic carbocycles. The molecule has 1 nitrogen and oxygen atoms in total. The molecule has 0 bridgehead atoms. The Morgan fingerprint density at radius 3 is 1.50 bits per heavy atom. The van der Waals surface area contributed by atoms with E-state index in [2.05, 4.69) is 10.3 Å². The molecule has 0 spiro atoms. The SMILES string of the molecule is [CH3][Nb]([CH3])[NH2]. The second kappa shape index (κ2) is 1.97. The van der Waals surface area contributed by atoms with Gasteiger partial charge in [0.05, 0.1) is 0 Å². The number of nitrogens with two attached hydrogens (primary N) is 1. The zero-order chi connectivity index (χ0) is 3.58. The molecule has 0 atom stereocenters. The first kappa shape index (κ1) is 4.70. The Kier molecular flexibility index (Phi) is 2.32. The van der Waals surface area contributed by atoms with E-state index in [1.807, 2.05) is 0 Å². The van der Waals surface area contributed by atoms with Crippen molar-refractivity contribution in [1.82, 2.24) is 0 Å². The van der Waals surface area contributed by atoms with E-state index in [9.17, 15) is 0 Å². The van der Waals surface area contributed by atoms with Gasteiger partial charge in [0, 0.05) is 0 Å². The maximum absolute atomic E-state index is 5.29. The maximum atomic E-state index is 5.29. The van der Waals surface area contributed by atoms with Gasteiger partial charge in [0.2, 0.25) is 0 Å². The van der Waals surface area contributed by atoms with Crippen LogP contribution in [0.2, 0.25) is 10.3 Å². The van der Waals surface area contributed by atoms with Gasteiger partial charge in [0.25, 0.3) is 0 Å². The molecule has 0 fully saturated rings. The van der Waals surface area contributed by atoms with Crippen LogP contribution in [0.5, 0.6) is 0 Å². The predicted octanol–water partition coefficient (Wildman–Crippen LogP) is 0.575. The second-order valence-electron chi connectivity index (χ2n) is 0.964. The molecule has 0 radical (unpaired) electrons. The third-order valence-corrected chi connectivity index (χ3v) is 0. The Morgan fingerprint density at radius 2 is 1.50 bits per heavy atom. The zero-order valence-electron chi connectivity index (χ0n) is 3.02. The van der Waals surface area contributed by atoms with Crippen LogP contribution in [0.15, 0.2) is 0 Å². The summed E-state index contributed by atoms with van der Waals surface area (Å²) >= 11 is -0.950. The van der Waals surface area contributed by atoms with Gasteiger partial charge in [-0.1, -0.05) is 0 Å². The van der Waals surface area contributed by atoms with Gasteiger partial charge in [0.1, 0.15) is 0 Å². The Morgan fingerprint density at radius 1 is 1.50 bits per heavy atom. The normalized spacial score (nSPS) is 9.00. The van der Waals surface area contributed by atoms with Gasteiger partial charge >= 0.3 is 33.1 Å². The molecule has 0 amide bonds. The van der Waals surface area contributed by atoms with Gasteiger partial charge in [-0.05, 0) is 0 Å². The van der Waals surface area contributed by atoms with Crippen molar-refractivity contribution >= 4 is 0 Å². The fraction of sp³-hybridized carbons (Fsp3) is 1.00. The van der Waals surface area contributed by atoms with Crippen LogP contribution < -0.4 is 4.14 Å². The van der Waals surface area contributed by atoms with Crippen LogP contribution in [0.1, 0.15) is 0 Å². The third-order valence-electron chi connectivity index (χ3n) is 0. The molecule has 4 heavy (non-hydrogen) atoms. The summed E-state index contributed by atoms with van der Waals surface area (Å²) in [5.41, 5.74) is 0. The quantitative estimate of drug-likeness (QED) is 0.488. The van der Waals surface area contributed by atoms with Crippen molar-refractivity contribution in [2.75, 3.05) is 0 Å². The summed E-state index contributed by atoms with van der Waals surface area (Å²) in [6.45, 7) is 0. The zero-order valence-corrected chi connectivity index (χ0v) is 5.22. The molecule has 0 unspecified atom stereocenters. The van der Waals surface area contributed by atoms with E-state index in [1.165, 1.54) is 0 Å². The summed E-state index contributed by atoms with van der Waals surface area (Å²) in [6, 6.07) is 0. The summed E-state index contributed by atoms with van der Waals surface area (Å²) in [5.74, 6) is 0. The topological polar surface area (TPSA) is 26.0 Å². The molecule has 0 aliphatic rings. The molecule has 26 valence electrons. The van der Waals surface area contributed by atoms with E-state index in [0.717, 1.165) is 0 Å². The minimum absolute atomic E-state index is 0.950. The molecule has 2 N–H and O–H groups in total. The first-order chi connectivity index (χ1) is 1.73. The Labute approximate surface area is 33.6 Å². The summed E-state index contributed by atoms with van der Waals surface area (Å²) in [7, 11) is 0. The van der Waals surface area contributed by atoms with Crippen molar-refractivity contribution in [3.63, 3.8) is 0 Å². The first-order valence-corrected chi connectivity index (χ1v) is 6.82. The summed E-state index contributed by atoms with van der Waals surface area (Å²) < 4.78 is 5.29. The van der Waals surface area contributed by atoms with E-state index in [4.69, 9.17) is 4.14 Å². The van der Waals surface area contributed by atoms with Gasteiger partial charge in [-0.25, -0.2) is 0 Å². The monoisotopic (exact) mass is 139 g/mol. The molecule has 0 aliphatic heterocycles. The third kappa shape index (κ3) is 15.9. The van der Waals surface area contributed by atoms with Crippen molar-refractivity contribution < 1.29 is 18.7 Å². The predicted molar refractivity (Wildman–Crippen MR) is 15.9 cm³/mol. The number of hydrogen-bond acceptors (Lipinski definition) is 1. The summed E-state index contributed by atoms with van der Waals surface area (Å²) in [4.78, 5) is 0. The summed E-state index contributed by atoms with van der Waals surface area (Å²) in [5, 5.41) is 4.26. The van der Waals surface area contributed by atoms with Crippen molar-refractivity contribution in [3.8, 4) is 0 Å². The van der Waals surface area contributed by atoms with Crippen LogP contribution in [0.3, 0.4) is 0 Å². The number of rotatable bonds is 0. The van der Waals surface area contributed by atoms with Crippen LogP contribution in [-0.4, -0.2) is 0 Å². The van der Waals surface area contributed by atoms with Crippen molar-refractivity contribution in [3.05, 3.63) is 0 Å². The van der Waals surface area contributed by atoms with E-state index >= 15 is 0 Å². The van der Waals surface area contributed by atoms with Crippen LogP contribution >= 0.6 is 0 Å². The van der Waals surface area contributed by atoms with Crippen molar-refractivity contribution in [2.45, 2.75) is 10.3 Å². The van der Waals surface area contributed by atoms with E-state index in [-0.39, 0.29) is 0 Å². The van der Waals surface area contributed by atoms with Crippen molar-refractivity contribution in [2.24, 2.45) is 4.14 Å². The van der Waals surface area contributed by atoms with Crippen LogP contribution in [0.25, 0.3) is 0 Å². The first-order valence-electron chi connectivity index (χ1n) is 1.15. The Hall–Kier alpha value is 0.700. The summed E-state index contributed by atoms with van der Waals surface area (Å²) in [6.07, 6.45) is 0. The van der Waals surface area contributed by atoms with Crippen LogP contribution in [0.4, 0.5) is 0 Å². The Balaban J connectivity index is 2.32. The fourth-order valence-electron chi connectivity index (χ4n) is 0. The molecule has 0 aromatic carbocycles.